The number of hydrogen-bond donors (Lipinski definition) is 0. The highest BCUT2D eigenvalue weighted by atomic mass is 79.9. The molecule has 86 valence electrons. The molecule has 0 saturated heterocycles. The number of rotatable bonds is 6. The summed E-state index contributed by atoms with van der Waals surface area (Å²) in [4.78, 5) is 0.362. The summed E-state index contributed by atoms with van der Waals surface area (Å²) in [6.07, 6.45) is -1.64. The van der Waals surface area contributed by atoms with Gasteiger partial charge < -0.3 is 0 Å². The van der Waals surface area contributed by atoms with Crippen molar-refractivity contribution in [2.45, 2.75) is 57.0 Å². The maximum atomic E-state index is 11.8. The molecule has 0 amide bonds. The van der Waals surface area contributed by atoms with Crippen molar-refractivity contribution in [3.8, 4) is 0 Å². The Kier molecular flexibility index (Phi) is 6.83. The van der Waals surface area contributed by atoms with Crippen LogP contribution in [0.4, 0.5) is 13.2 Å². The zero-order valence-electron chi connectivity index (χ0n) is 8.70. The minimum Gasteiger partial charge on any atom is -0.171 e. The topological polar surface area (TPSA) is 0 Å². The minimum absolute atomic E-state index is 0.247. The lowest BCUT2D eigenvalue weighted by molar-refractivity contribution is -0.136. The fourth-order valence-corrected chi connectivity index (χ4v) is 2.09. The lowest BCUT2D eigenvalue weighted by Gasteiger charge is -2.17. The van der Waals surface area contributed by atoms with E-state index in [0.29, 0.717) is 17.2 Å². The summed E-state index contributed by atoms with van der Waals surface area (Å²) >= 11 is 3.50. The van der Waals surface area contributed by atoms with E-state index in [1.54, 1.807) is 0 Å². The van der Waals surface area contributed by atoms with Crippen LogP contribution in [0.5, 0.6) is 0 Å². The van der Waals surface area contributed by atoms with E-state index in [2.05, 4.69) is 22.9 Å². The second kappa shape index (κ2) is 6.70. The lowest BCUT2D eigenvalue weighted by Crippen LogP contribution is -2.13. The molecule has 0 nitrogen and oxygen atoms in total. The van der Waals surface area contributed by atoms with Crippen LogP contribution in [0.3, 0.4) is 0 Å². The van der Waals surface area contributed by atoms with Gasteiger partial charge >= 0.3 is 6.18 Å². The zero-order chi connectivity index (χ0) is 11.2. The molecule has 0 spiro atoms. The van der Waals surface area contributed by atoms with E-state index >= 15 is 0 Å². The molecule has 0 aliphatic heterocycles. The Morgan fingerprint density at radius 1 is 1.21 bits per heavy atom. The highest BCUT2D eigenvalue weighted by Gasteiger charge is 2.26. The summed E-state index contributed by atoms with van der Waals surface area (Å²) in [7, 11) is 0. The van der Waals surface area contributed by atoms with Crippen LogP contribution in [-0.4, -0.2) is 11.0 Å². The normalized spacial score (nSPS) is 16.7. The van der Waals surface area contributed by atoms with Crippen molar-refractivity contribution in [3.05, 3.63) is 0 Å². The highest BCUT2D eigenvalue weighted by Crippen LogP contribution is 2.27. The maximum Gasteiger partial charge on any atom is 0.389 e. The molecule has 0 N–H and O–H groups in total. The highest BCUT2D eigenvalue weighted by molar-refractivity contribution is 9.09. The molecule has 0 saturated carbocycles. The van der Waals surface area contributed by atoms with E-state index in [1.807, 2.05) is 6.92 Å². The van der Waals surface area contributed by atoms with Gasteiger partial charge in [-0.2, -0.15) is 13.2 Å². The Morgan fingerprint density at radius 3 is 2.21 bits per heavy atom. The van der Waals surface area contributed by atoms with E-state index in [9.17, 15) is 13.2 Å². The van der Waals surface area contributed by atoms with E-state index in [-0.39, 0.29) is 6.42 Å². The average Bonchev–Trinajstić information content (AvgIpc) is 2.02. The summed E-state index contributed by atoms with van der Waals surface area (Å²) in [5, 5.41) is 0. The van der Waals surface area contributed by atoms with Gasteiger partial charge in [0.1, 0.15) is 0 Å². The molecule has 0 aromatic rings. The molecular formula is C10H18BrF3. The average molecular weight is 275 g/mol. The Labute approximate surface area is 92.4 Å². The first-order chi connectivity index (χ1) is 6.37. The quantitative estimate of drug-likeness (QED) is 0.603. The molecule has 4 heteroatoms. The van der Waals surface area contributed by atoms with Gasteiger partial charge in [0.05, 0.1) is 0 Å². The summed E-state index contributed by atoms with van der Waals surface area (Å²) in [6.45, 7) is 4.09. The van der Waals surface area contributed by atoms with E-state index < -0.39 is 12.6 Å². The van der Waals surface area contributed by atoms with Crippen molar-refractivity contribution >= 4 is 15.9 Å². The largest absolute Gasteiger partial charge is 0.389 e. The first-order valence-corrected chi connectivity index (χ1v) is 5.99. The van der Waals surface area contributed by atoms with Crippen LogP contribution in [0.2, 0.25) is 0 Å². The summed E-state index contributed by atoms with van der Waals surface area (Å²) < 4.78 is 35.5. The molecule has 2 unspecified atom stereocenters. The SMILES string of the molecule is CCCC(Br)C(C)CCCC(F)(F)F. The molecule has 0 aromatic heterocycles. The summed E-state index contributed by atoms with van der Waals surface area (Å²) in [5.74, 6) is 0.331. The third-order valence-electron chi connectivity index (χ3n) is 2.30. The van der Waals surface area contributed by atoms with E-state index in [4.69, 9.17) is 0 Å². The van der Waals surface area contributed by atoms with Crippen LogP contribution in [0, 0.1) is 5.92 Å². The molecule has 0 rings (SSSR count). The van der Waals surface area contributed by atoms with Crippen LogP contribution in [-0.2, 0) is 0 Å². The van der Waals surface area contributed by atoms with Crippen molar-refractivity contribution in [1.82, 2.24) is 0 Å². The third-order valence-corrected chi connectivity index (χ3v) is 3.66. The van der Waals surface area contributed by atoms with Gasteiger partial charge in [-0.25, -0.2) is 0 Å². The predicted molar refractivity (Wildman–Crippen MR) is 56.7 cm³/mol. The van der Waals surface area contributed by atoms with Crippen LogP contribution >= 0.6 is 15.9 Å². The molecule has 0 aliphatic rings. The summed E-state index contributed by atoms with van der Waals surface area (Å²) in [5.41, 5.74) is 0. The molecule has 0 aromatic carbocycles. The Bertz CT molecular complexity index is 145. The minimum atomic E-state index is -3.99. The van der Waals surface area contributed by atoms with Gasteiger partial charge in [0.25, 0.3) is 0 Å². The van der Waals surface area contributed by atoms with E-state index in [0.717, 1.165) is 12.8 Å². The van der Waals surface area contributed by atoms with Crippen LogP contribution in [0.1, 0.15) is 46.0 Å². The molecule has 0 radical (unpaired) electrons. The molecule has 14 heavy (non-hydrogen) atoms. The van der Waals surface area contributed by atoms with Gasteiger partial charge in [-0.3, -0.25) is 0 Å². The van der Waals surface area contributed by atoms with Gasteiger partial charge in [-0.15, -0.1) is 0 Å². The predicted octanol–water partition coefficient (Wildman–Crippen LogP) is 4.92. The molecule has 0 fully saturated rings. The van der Waals surface area contributed by atoms with Gasteiger partial charge in [0.15, 0.2) is 0 Å². The van der Waals surface area contributed by atoms with Crippen LogP contribution in [0.15, 0.2) is 0 Å². The Balaban J connectivity index is 3.58. The van der Waals surface area contributed by atoms with Crippen LogP contribution in [0.25, 0.3) is 0 Å². The Hall–Kier alpha value is 0.270. The smallest absolute Gasteiger partial charge is 0.171 e. The van der Waals surface area contributed by atoms with Crippen molar-refractivity contribution in [1.29, 1.82) is 0 Å². The van der Waals surface area contributed by atoms with Gasteiger partial charge in [-0.1, -0.05) is 36.2 Å². The fraction of sp³-hybridized carbons (Fsp3) is 1.00. The number of alkyl halides is 4. The van der Waals surface area contributed by atoms with Crippen molar-refractivity contribution < 1.29 is 13.2 Å². The number of hydrogen-bond acceptors (Lipinski definition) is 0. The maximum absolute atomic E-state index is 11.8. The Morgan fingerprint density at radius 2 is 1.79 bits per heavy atom. The van der Waals surface area contributed by atoms with E-state index in [1.165, 1.54) is 0 Å². The number of halogens is 4. The molecule has 2 atom stereocenters. The lowest BCUT2D eigenvalue weighted by atomic mass is 9.98. The second-order valence-electron chi connectivity index (χ2n) is 3.79. The first kappa shape index (κ1) is 14.3. The van der Waals surface area contributed by atoms with Crippen molar-refractivity contribution in [2.24, 2.45) is 5.92 Å². The van der Waals surface area contributed by atoms with Crippen molar-refractivity contribution in [3.63, 3.8) is 0 Å². The molecule has 0 aliphatic carbocycles. The first-order valence-electron chi connectivity index (χ1n) is 5.07. The molecule has 0 heterocycles. The van der Waals surface area contributed by atoms with Crippen molar-refractivity contribution in [2.75, 3.05) is 0 Å². The monoisotopic (exact) mass is 274 g/mol. The second-order valence-corrected chi connectivity index (χ2v) is 4.97. The fourth-order valence-electron chi connectivity index (χ4n) is 1.37. The molecule has 0 bridgehead atoms. The van der Waals surface area contributed by atoms with Crippen LogP contribution < -0.4 is 0 Å². The van der Waals surface area contributed by atoms with Gasteiger partial charge in [0.2, 0.25) is 0 Å². The molecular weight excluding hydrogens is 257 g/mol. The zero-order valence-corrected chi connectivity index (χ0v) is 10.3. The van der Waals surface area contributed by atoms with Gasteiger partial charge in [0, 0.05) is 11.2 Å². The third kappa shape index (κ3) is 7.65. The standard InChI is InChI=1S/C10H18BrF3/c1-3-5-9(11)8(2)6-4-7-10(12,13)14/h8-9H,3-7H2,1-2H3. The van der Waals surface area contributed by atoms with Gasteiger partial charge in [-0.05, 0) is 25.2 Å². The summed E-state index contributed by atoms with van der Waals surface area (Å²) in [6, 6.07) is 0.